The molecule has 0 aliphatic carbocycles. The minimum atomic E-state index is -1.46. The van der Waals surface area contributed by atoms with Crippen LogP contribution in [0.4, 0.5) is 0 Å². The second kappa shape index (κ2) is 23.7. The molecule has 0 aromatic heterocycles. The van der Waals surface area contributed by atoms with Gasteiger partial charge >= 0.3 is 39.0 Å². The van der Waals surface area contributed by atoms with Gasteiger partial charge in [0.1, 0.15) is 0 Å². The van der Waals surface area contributed by atoms with Crippen LogP contribution in [0.5, 0.6) is 0 Å². The van der Waals surface area contributed by atoms with E-state index in [1.54, 1.807) is 146 Å². The van der Waals surface area contributed by atoms with E-state index in [2.05, 4.69) is 0 Å². The maximum Gasteiger partial charge on any atom is 2.00 e. The van der Waals surface area contributed by atoms with E-state index in [0.29, 0.717) is 66.1 Å². The Balaban J connectivity index is 0.000000156. The van der Waals surface area contributed by atoms with E-state index < -0.39 is 95.3 Å². The fraction of sp³-hybridized carbons (Fsp3) is 0.133. The van der Waals surface area contributed by atoms with E-state index in [1.807, 2.05) is 0 Å². The Morgan fingerprint density at radius 2 is 0.390 bits per heavy atom. The number of carbonyl (C=O) groups is 12. The number of carboxylic acids is 4. The molecule has 4 aliphatic rings. The molecular formula is C60H40N4O16Rh2. The summed E-state index contributed by atoms with van der Waals surface area (Å²) >= 11 is 0. The van der Waals surface area contributed by atoms with Gasteiger partial charge < -0.3 is 39.6 Å². The zero-order chi connectivity index (χ0) is 57.8. The monoisotopic (exact) mass is 1280 g/mol. The van der Waals surface area contributed by atoms with Crippen molar-refractivity contribution in [3.63, 3.8) is 0 Å². The summed E-state index contributed by atoms with van der Waals surface area (Å²) < 4.78 is 0. The maximum absolute atomic E-state index is 12.4. The van der Waals surface area contributed by atoms with Gasteiger partial charge in [0.15, 0.2) is 0 Å². The number of hydrogen-bond donors (Lipinski definition) is 0. The molecule has 4 heterocycles. The molecule has 2 radical (unpaired) electrons. The zero-order valence-electron chi connectivity index (χ0n) is 43.2. The summed E-state index contributed by atoms with van der Waals surface area (Å²) in [6.07, 6.45) is 0. The Morgan fingerprint density at radius 3 is 0.500 bits per heavy atom. The Kier molecular flexibility index (Phi) is 17.4. The van der Waals surface area contributed by atoms with Gasteiger partial charge in [-0.05, 0) is 97.8 Å². The zero-order valence-corrected chi connectivity index (χ0v) is 46.4. The van der Waals surface area contributed by atoms with Crippen molar-refractivity contribution >= 4 is 114 Å². The van der Waals surface area contributed by atoms with Crippen LogP contribution in [-0.2, 0) is 58.1 Å². The number of carbonyl (C=O) groups excluding carboxylic acids is 12. The molecule has 414 valence electrons. The van der Waals surface area contributed by atoms with Crippen molar-refractivity contribution in [3.05, 3.63) is 190 Å². The first-order chi connectivity index (χ1) is 38.1. The third-order valence-corrected chi connectivity index (χ3v) is 14.1. The van der Waals surface area contributed by atoms with Crippen LogP contribution in [0.15, 0.2) is 146 Å². The first-order valence-corrected chi connectivity index (χ1v) is 24.5. The molecule has 82 heavy (non-hydrogen) atoms. The third-order valence-electron chi connectivity index (χ3n) is 14.1. The van der Waals surface area contributed by atoms with E-state index in [4.69, 9.17) is 0 Å². The first-order valence-electron chi connectivity index (χ1n) is 24.5. The molecule has 22 heteroatoms. The second-order valence-electron chi connectivity index (χ2n) is 18.7. The van der Waals surface area contributed by atoms with Crippen LogP contribution in [0.1, 0.15) is 111 Å². The van der Waals surface area contributed by atoms with Crippen molar-refractivity contribution in [1.82, 2.24) is 19.6 Å². The molecule has 0 fully saturated rings. The summed E-state index contributed by atoms with van der Waals surface area (Å²) in [7, 11) is 0. The normalized spacial score (nSPS) is 15.2. The van der Waals surface area contributed by atoms with Crippen molar-refractivity contribution in [1.29, 1.82) is 0 Å². The molecule has 0 unspecified atom stereocenters. The summed E-state index contributed by atoms with van der Waals surface area (Å²) in [4.78, 5) is 146. The van der Waals surface area contributed by atoms with Crippen molar-refractivity contribution in [2.45, 2.75) is 51.9 Å². The van der Waals surface area contributed by atoms with Gasteiger partial charge in [0.2, 0.25) is 0 Å². The molecule has 0 bridgehead atoms. The van der Waals surface area contributed by atoms with Crippen molar-refractivity contribution in [3.8, 4) is 0 Å². The quantitative estimate of drug-likeness (QED) is 0.156. The van der Waals surface area contributed by atoms with E-state index >= 15 is 0 Å². The fourth-order valence-electron chi connectivity index (χ4n) is 10.0. The van der Waals surface area contributed by atoms with Crippen molar-refractivity contribution in [2.24, 2.45) is 0 Å². The number of benzene rings is 8. The molecule has 8 amide bonds. The molecule has 8 aromatic rings. The largest absolute Gasteiger partial charge is 2.00 e. The molecule has 0 saturated heterocycles. The molecule has 8 aromatic carbocycles. The van der Waals surface area contributed by atoms with Gasteiger partial charge in [-0.25, -0.2) is 0 Å². The van der Waals surface area contributed by atoms with Gasteiger partial charge in [-0.15, -0.1) is 0 Å². The molecule has 4 aliphatic heterocycles. The van der Waals surface area contributed by atoms with E-state index in [1.165, 1.54) is 27.7 Å². The van der Waals surface area contributed by atoms with Crippen LogP contribution in [0.25, 0.3) is 43.1 Å². The van der Waals surface area contributed by atoms with Crippen molar-refractivity contribution < 1.29 is 117 Å². The van der Waals surface area contributed by atoms with Crippen LogP contribution in [-0.4, -0.2) is 115 Å². The summed E-state index contributed by atoms with van der Waals surface area (Å²) in [5.74, 6) is -10.6. The van der Waals surface area contributed by atoms with E-state index in [9.17, 15) is 78.0 Å². The van der Waals surface area contributed by atoms with Crippen LogP contribution in [0, 0.1) is 0 Å². The Bertz CT molecular complexity index is 3400. The van der Waals surface area contributed by atoms with Crippen molar-refractivity contribution in [2.75, 3.05) is 0 Å². The minimum Gasteiger partial charge on any atom is -0.548 e. The number of rotatable bonds is 8. The van der Waals surface area contributed by atoms with Gasteiger partial charge in [0.05, 0.1) is 48.0 Å². The molecule has 0 spiro atoms. The van der Waals surface area contributed by atoms with Crippen LogP contribution >= 0.6 is 0 Å². The number of aliphatic carboxylic acids is 4. The predicted octanol–water partition coefficient (Wildman–Crippen LogP) is 2.29. The standard InChI is InChI=1S/4C15H11NO4.2Rh/c4*1-8(15(19)20)16-13(17)10-6-2-4-9-5-3-7-11(12(9)10)14(16)18;;/h4*2-8H,1H3,(H,19,20);;/q;;;;2*+2/p-4/t4*8-;;/m0000../s1. The van der Waals surface area contributed by atoms with Crippen LogP contribution in [0.3, 0.4) is 0 Å². The van der Waals surface area contributed by atoms with Crippen LogP contribution in [0.2, 0.25) is 0 Å². The van der Waals surface area contributed by atoms with E-state index in [-0.39, 0.29) is 39.0 Å². The number of imide groups is 4. The Labute approximate surface area is 490 Å². The number of amides is 8. The van der Waals surface area contributed by atoms with Gasteiger partial charge in [-0.3, -0.25) is 58.0 Å². The third kappa shape index (κ3) is 10.2. The average molecular weight is 1280 g/mol. The Hall–Kier alpha value is -9.51. The van der Waals surface area contributed by atoms with Gasteiger partial charge in [-0.1, -0.05) is 97.1 Å². The minimum absolute atomic E-state index is 0. The molecule has 0 saturated carbocycles. The van der Waals surface area contributed by atoms with Gasteiger partial charge in [0.25, 0.3) is 47.3 Å². The molecular weight excluding hydrogens is 1240 g/mol. The summed E-state index contributed by atoms with van der Waals surface area (Å²) in [6, 6.07) is 35.6. The Morgan fingerprint density at radius 1 is 0.268 bits per heavy atom. The van der Waals surface area contributed by atoms with Crippen LogP contribution < -0.4 is 20.4 Å². The van der Waals surface area contributed by atoms with E-state index in [0.717, 1.165) is 41.1 Å². The number of nitrogens with zero attached hydrogens (tertiary/aromatic N) is 4. The molecule has 4 atom stereocenters. The fourth-order valence-corrected chi connectivity index (χ4v) is 10.0. The van der Waals surface area contributed by atoms with Gasteiger partial charge in [-0.2, -0.15) is 0 Å². The summed E-state index contributed by atoms with van der Waals surface area (Å²) in [6.45, 7) is 5.05. The molecule has 0 N–H and O–H groups in total. The average Bonchev–Trinajstić information content (AvgIpc) is 3.44. The summed E-state index contributed by atoms with van der Waals surface area (Å²) in [5, 5.41) is 49.4. The topological polar surface area (TPSA) is 310 Å². The molecule has 12 rings (SSSR count). The predicted molar refractivity (Wildman–Crippen MR) is 276 cm³/mol. The molecule has 20 nitrogen and oxygen atoms in total. The second-order valence-corrected chi connectivity index (χ2v) is 18.7. The SMILES string of the molecule is C[C@@H](C(=O)[O-])N1C(=O)c2cccc3cccc(c23)C1=O.C[C@@H](C(=O)[O-])N1C(=O)c2cccc3cccc(c23)C1=O.C[C@@H](C(=O)[O-])N1C(=O)c2cccc3cccc(c23)C1=O.C[C@@H](C(=O)[O-])N1C(=O)c2cccc3cccc(c23)C1=O.[Rh+2].[Rh+2]. The number of hydrogen-bond acceptors (Lipinski definition) is 16. The summed E-state index contributed by atoms with van der Waals surface area (Å²) in [5.41, 5.74) is 2.71. The first kappa shape index (κ1) is 60.1. The smallest absolute Gasteiger partial charge is 0.548 e. The van der Waals surface area contributed by atoms with Gasteiger partial charge in [0, 0.05) is 66.1 Å². The maximum atomic E-state index is 12.4. The number of carboxylic acid groups (broad SMARTS) is 4.